The molecule has 2 rings (SSSR count). The molecule has 4 N–H and O–H groups in total. The van der Waals surface area contributed by atoms with Crippen molar-refractivity contribution >= 4 is 23.8 Å². The number of nitrogens with two attached hydrogens (primary N) is 1. The molecular weight excluding hydrogens is 330 g/mol. The molecule has 0 bridgehead atoms. The molecule has 1 heterocycles. The third-order valence-electron chi connectivity index (χ3n) is 4.03. The summed E-state index contributed by atoms with van der Waals surface area (Å²) in [5.41, 5.74) is 9.96. The lowest BCUT2D eigenvalue weighted by Gasteiger charge is -2.12. The summed E-state index contributed by atoms with van der Waals surface area (Å²) in [6, 6.07) is 5.68. The Hall–Kier alpha value is -2.96. The van der Waals surface area contributed by atoms with Gasteiger partial charge in [-0.3, -0.25) is 0 Å². The summed E-state index contributed by atoms with van der Waals surface area (Å²) >= 11 is 0. The third kappa shape index (κ3) is 4.56. The van der Waals surface area contributed by atoms with Crippen molar-refractivity contribution in [1.29, 1.82) is 5.41 Å². The largest absolute Gasteiger partial charge is 0.462 e. The summed E-state index contributed by atoms with van der Waals surface area (Å²) in [7, 11) is 0. The standard InChI is InChI=1S/C19H25N5O2/c1-4-26-18(25)17-12(2)23-19(24-13(17)3)22-10-6-8-14-7-5-9-16(21)15(14)11-20/h5,7,9,11,20H,4,6,8,10,21H2,1-3H3,(H,22,23,24). The number of anilines is 2. The van der Waals surface area contributed by atoms with E-state index in [0.717, 1.165) is 24.0 Å². The van der Waals surface area contributed by atoms with Crippen LogP contribution in [0.2, 0.25) is 0 Å². The first-order valence-electron chi connectivity index (χ1n) is 8.62. The van der Waals surface area contributed by atoms with Gasteiger partial charge in [-0.05, 0) is 45.2 Å². The highest BCUT2D eigenvalue weighted by Gasteiger charge is 2.17. The minimum Gasteiger partial charge on any atom is -0.462 e. The number of rotatable bonds is 8. The smallest absolute Gasteiger partial charge is 0.341 e. The van der Waals surface area contributed by atoms with E-state index < -0.39 is 5.97 Å². The number of hydrogen-bond donors (Lipinski definition) is 3. The van der Waals surface area contributed by atoms with Crippen LogP contribution in [0.4, 0.5) is 11.6 Å². The SMILES string of the molecule is CCOC(=O)c1c(C)nc(NCCCc2cccc(N)c2C=N)nc1C. The van der Waals surface area contributed by atoms with Crippen LogP contribution in [0, 0.1) is 19.3 Å². The van der Waals surface area contributed by atoms with E-state index >= 15 is 0 Å². The van der Waals surface area contributed by atoms with E-state index in [0.29, 0.717) is 41.7 Å². The Morgan fingerprint density at radius 1 is 1.31 bits per heavy atom. The predicted molar refractivity (Wildman–Crippen MR) is 103 cm³/mol. The summed E-state index contributed by atoms with van der Waals surface area (Å²) in [5.74, 6) is 0.0998. The molecule has 26 heavy (non-hydrogen) atoms. The lowest BCUT2D eigenvalue weighted by molar-refractivity contribution is 0.0523. The van der Waals surface area contributed by atoms with Gasteiger partial charge in [0.25, 0.3) is 0 Å². The topological polar surface area (TPSA) is 114 Å². The van der Waals surface area contributed by atoms with Crippen LogP contribution < -0.4 is 11.1 Å². The van der Waals surface area contributed by atoms with E-state index in [2.05, 4.69) is 15.3 Å². The van der Waals surface area contributed by atoms with E-state index in [1.807, 2.05) is 12.1 Å². The van der Waals surface area contributed by atoms with Gasteiger partial charge in [-0.2, -0.15) is 0 Å². The zero-order valence-electron chi connectivity index (χ0n) is 15.4. The number of benzene rings is 1. The summed E-state index contributed by atoms with van der Waals surface area (Å²) in [5, 5.41) is 10.7. The number of aromatic nitrogens is 2. The molecule has 0 atom stereocenters. The number of hydrogen-bond acceptors (Lipinski definition) is 7. The fourth-order valence-electron chi connectivity index (χ4n) is 2.80. The highest BCUT2D eigenvalue weighted by molar-refractivity contribution is 5.91. The Kier molecular flexibility index (Phi) is 6.66. The van der Waals surface area contributed by atoms with Crippen LogP contribution in [0.25, 0.3) is 0 Å². The van der Waals surface area contributed by atoms with E-state index in [1.54, 1.807) is 26.8 Å². The van der Waals surface area contributed by atoms with Crippen LogP contribution in [0.5, 0.6) is 0 Å². The van der Waals surface area contributed by atoms with Crippen molar-refractivity contribution in [2.24, 2.45) is 0 Å². The maximum Gasteiger partial charge on any atom is 0.341 e. The average Bonchev–Trinajstić information content (AvgIpc) is 2.58. The van der Waals surface area contributed by atoms with Crippen molar-refractivity contribution in [2.75, 3.05) is 24.2 Å². The lowest BCUT2D eigenvalue weighted by Crippen LogP contribution is -2.15. The highest BCUT2D eigenvalue weighted by Crippen LogP contribution is 2.17. The zero-order valence-corrected chi connectivity index (χ0v) is 15.4. The van der Waals surface area contributed by atoms with Gasteiger partial charge >= 0.3 is 5.97 Å². The molecule has 0 aliphatic rings. The van der Waals surface area contributed by atoms with Crippen molar-refractivity contribution in [3.8, 4) is 0 Å². The Bertz CT molecular complexity index is 782. The first-order valence-corrected chi connectivity index (χ1v) is 8.62. The molecule has 7 heteroatoms. The first kappa shape index (κ1) is 19.4. The monoisotopic (exact) mass is 355 g/mol. The Morgan fingerprint density at radius 3 is 2.62 bits per heavy atom. The van der Waals surface area contributed by atoms with Gasteiger partial charge in [0.1, 0.15) is 5.56 Å². The fourth-order valence-corrected chi connectivity index (χ4v) is 2.80. The summed E-state index contributed by atoms with van der Waals surface area (Å²) < 4.78 is 5.04. The van der Waals surface area contributed by atoms with Crippen molar-refractivity contribution in [3.63, 3.8) is 0 Å². The molecule has 0 saturated heterocycles. The van der Waals surface area contributed by atoms with Crippen molar-refractivity contribution < 1.29 is 9.53 Å². The van der Waals surface area contributed by atoms with Crippen molar-refractivity contribution in [2.45, 2.75) is 33.6 Å². The second kappa shape index (κ2) is 8.94. The summed E-state index contributed by atoms with van der Waals surface area (Å²) in [4.78, 5) is 20.7. The van der Waals surface area contributed by atoms with E-state index in [-0.39, 0.29) is 0 Å². The Balaban J connectivity index is 1.97. The number of ether oxygens (including phenoxy) is 1. The second-order valence-electron chi connectivity index (χ2n) is 5.91. The number of esters is 1. The van der Waals surface area contributed by atoms with Gasteiger partial charge < -0.3 is 21.2 Å². The molecule has 0 radical (unpaired) electrons. The fraction of sp³-hybridized carbons (Fsp3) is 0.368. The molecule has 0 amide bonds. The molecule has 1 aromatic heterocycles. The highest BCUT2D eigenvalue weighted by atomic mass is 16.5. The maximum atomic E-state index is 12.0. The zero-order chi connectivity index (χ0) is 19.1. The third-order valence-corrected chi connectivity index (χ3v) is 4.03. The molecule has 0 aliphatic heterocycles. The lowest BCUT2D eigenvalue weighted by atomic mass is 10.0. The summed E-state index contributed by atoms with van der Waals surface area (Å²) in [6.07, 6.45) is 2.93. The molecule has 138 valence electrons. The maximum absolute atomic E-state index is 12.0. The molecule has 0 saturated carbocycles. The number of carbonyl (C=O) groups is 1. The van der Waals surface area contributed by atoms with E-state index in [9.17, 15) is 4.79 Å². The molecule has 1 aromatic carbocycles. The van der Waals surface area contributed by atoms with Gasteiger partial charge in [0.05, 0.1) is 18.0 Å². The van der Waals surface area contributed by atoms with E-state index in [4.69, 9.17) is 15.9 Å². The second-order valence-corrected chi connectivity index (χ2v) is 5.91. The quantitative estimate of drug-likeness (QED) is 0.290. The molecule has 0 fully saturated rings. The molecule has 0 aliphatic carbocycles. The predicted octanol–water partition coefficient (Wildman–Crippen LogP) is 2.89. The minimum atomic E-state index is -0.394. The Labute approximate surface area is 153 Å². The van der Waals surface area contributed by atoms with Gasteiger partial charge in [0.2, 0.25) is 5.95 Å². The van der Waals surface area contributed by atoms with Crippen LogP contribution in [0.1, 0.15) is 46.2 Å². The normalized spacial score (nSPS) is 10.4. The van der Waals surface area contributed by atoms with Crippen LogP contribution in [-0.4, -0.2) is 35.3 Å². The first-order chi connectivity index (χ1) is 12.5. The van der Waals surface area contributed by atoms with Crippen LogP contribution >= 0.6 is 0 Å². The van der Waals surface area contributed by atoms with Crippen LogP contribution in [-0.2, 0) is 11.2 Å². The van der Waals surface area contributed by atoms with E-state index in [1.165, 1.54) is 6.21 Å². The molecule has 7 nitrogen and oxygen atoms in total. The minimum absolute atomic E-state index is 0.319. The van der Waals surface area contributed by atoms with Crippen LogP contribution in [0.3, 0.4) is 0 Å². The number of nitrogens with zero attached hydrogens (tertiary/aromatic N) is 2. The van der Waals surface area contributed by atoms with Gasteiger partial charge in [0.15, 0.2) is 0 Å². The number of carbonyl (C=O) groups excluding carboxylic acids is 1. The van der Waals surface area contributed by atoms with Gasteiger partial charge in [-0.15, -0.1) is 0 Å². The molecular formula is C19H25N5O2. The van der Waals surface area contributed by atoms with Crippen LogP contribution in [0.15, 0.2) is 18.2 Å². The molecule has 2 aromatic rings. The number of nitrogen functional groups attached to an aromatic ring is 1. The van der Waals surface area contributed by atoms with Gasteiger partial charge in [0, 0.05) is 24.0 Å². The number of nitrogens with one attached hydrogen (secondary N) is 2. The molecule has 0 unspecified atom stereocenters. The van der Waals surface area contributed by atoms with Gasteiger partial charge in [-0.25, -0.2) is 14.8 Å². The van der Waals surface area contributed by atoms with Gasteiger partial charge in [-0.1, -0.05) is 12.1 Å². The van der Waals surface area contributed by atoms with Crippen molar-refractivity contribution in [1.82, 2.24) is 9.97 Å². The average molecular weight is 355 g/mol. The number of aryl methyl sites for hydroxylation is 3. The Morgan fingerprint density at radius 2 is 2.00 bits per heavy atom. The van der Waals surface area contributed by atoms with Crippen molar-refractivity contribution in [3.05, 3.63) is 46.3 Å². The molecule has 0 spiro atoms. The summed E-state index contributed by atoms with van der Waals surface area (Å²) in [6.45, 7) is 6.30.